The van der Waals surface area contributed by atoms with Gasteiger partial charge in [-0.1, -0.05) is 18.2 Å². The summed E-state index contributed by atoms with van der Waals surface area (Å²) in [5, 5.41) is 16.1. The summed E-state index contributed by atoms with van der Waals surface area (Å²) in [6.07, 6.45) is 23.7. The normalized spacial score (nSPS) is 18.7. The van der Waals surface area contributed by atoms with Crippen LogP contribution in [-0.2, 0) is 130 Å². The Bertz CT molecular complexity index is 2630. The number of aliphatic imine (C=N–C) groups is 1. The Labute approximate surface area is 388 Å². The smallest absolute Gasteiger partial charge is 0.260 e. The van der Waals surface area contributed by atoms with Crippen LogP contribution in [0.25, 0.3) is 0 Å². The van der Waals surface area contributed by atoms with E-state index in [1.165, 1.54) is 124 Å². The monoisotopic (exact) mass is 950 g/mol. The Hall–Kier alpha value is -3.68. The number of nitrogens with zero attached hydrogens (tertiary/aromatic N) is 6. The fourth-order valence-corrected chi connectivity index (χ4v) is 11.3. The molecule has 0 saturated carbocycles. The maximum absolute atomic E-state index is 12.3. The van der Waals surface area contributed by atoms with Crippen molar-refractivity contribution >= 4 is 48.0 Å². The van der Waals surface area contributed by atoms with Crippen molar-refractivity contribution in [2.45, 2.75) is 128 Å². The van der Waals surface area contributed by atoms with E-state index in [9.17, 15) is 22.2 Å². The molecular weight excluding hydrogens is 881 g/mol. The molecule has 3 unspecified atom stereocenters. The highest BCUT2D eigenvalue weighted by Crippen LogP contribution is 2.40. The van der Waals surface area contributed by atoms with Gasteiger partial charge in [0.1, 0.15) is 0 Å². The number of benzene rings is 3. The zero-order valence-corrected chi connectivity index (χ0v) is 41.7. The van der Waals surface area contributed by atoms with Crippen LogP contribution in [0.1, 0.15) is 116 Å². The summed E-state index contributed by atoms with van der Waals surface area (Å²) >= 11 is 0. The lowest BCUT2D eigenvalue weighted by Crippen LogP contribution is -2.30. The number of aryl methyl sites for hydroxylation is 6. The lowest BCUT2D eigenvalue weighted by atomic mass is 9.92. The number of amides is 1. The standard InChI is InChI=1S/C16H23N3O2S.C16H25N3OS.C13H13NO.C2H9N3OS/c1-19(2)22(17,21)18-16(20)10-15-13-7-3-5-11(13)9-12-6-4-8-14(12)15;1-19(2)21(17,20)18-10-9-16-14-7-3-5-12(14)11-13-6-4-8-15(13)16;15-8-14-13-11-5-1-3-9(11)7-10-4-2-6-12(10)13;1-5(2)7(3,4)6/h9H,3-8,10H2,1-2H3,(H2,17,18,20,21);11H,3-10H2,1-2H3,(H2,17,18,20);7H,1-6H2;1-2H3,(H3,3,4,6). The topological polar surface area (TPSA) is 234 Å². The minimum atomic E-state index is -3.09. The first kappa shape index (κ1) is 50.7. The highest BCUT2D eigenvalue weighted by Gasteiger charge is 2.27. The third kappa shape index (κ3) is 12.3. The maximum Gasteiger partial charge on any atom is 0.260 e. The van der Waals surface area contributed by atoms with Gasteiger partial charge in [0, 0.05) is 42.3 Å². The molecule has 6 aliphatic carbocycles. The molecule has 0 saturated heterocycles. The van der Waals surface area contributed by atoms with E-state index in [4.69, 9.17) is 20.2 Å². The zero-order valence-electron chi connectivity index (χ0n) is 39.3. The van der Waals surface area contributed by atoms with Gasteiger partial charge in [-0.2, -0.15) is 4.99 Å². The maximum atomic E-state index is 12.3. The lowest BCUT2D eigenvalue weighted by molar-refractivity contribution is -0.117. The molecule has 0 heterocycles. The third-order valence-electron chi connectivity index (χ3n) is 13.6. The van der Waals surface area contributed by atoms with Gasteiger partial charge in [0.05, 0.1) is 18.7 Å². The van der Waals surface area contributed by atoms with Crippen LogP contribution in [-0.4, -0.2) is 86.4 Å². The molecule has 0 bridgehead atoms. The van der Waals surface area contributed by atoms with Gasteiger partial charge >= 0.3 is 0 Å². The van der Waals surface area contributed by atoms with Crippen LogP contribution in [0.5, 0.6) is 0 Å². The molecule has 18 heteroatoms. The fraction of sp³-hybridized carbons (Fsp3) is 0.574. The number of nitrogens with two attached hydrogens (primary N) is 3. The van der Waals surface area contributed by atoms with Crippen LogP contribution in [0.3, 0.4) is 0 Å². The van der Waals surface area contributed by atoms with Crippen LogP contribution in [0.15, 0.2) is 31.9 Å². The quantitative estimate of drug-likeness (QED) is 0.158. The van der Waals surface area contributed by atoms with Crippen molar-refractivity contribution in [2.24, 2.45) is 29.1 Å². The SMILES string of the molecule is CN(C)S(=N)(N)=O.CN(C)S(N)(=O)=NC(=O)Cc1c2c(cc3c1CCC3)CCC2.CN(C)S(N)(=O)=NCCc1c2c(cc3c1CCC3)CCC2.O=C=Nc1c2c(cc3c1CCC3)CCC2. The fourth-order valence-electron chi connectivity index (χ4n) is 10.2. The molecule has 356 valence electrons. The van der Waals surface area contributed by atoms with Crippen molar-refractivity contribution < 1.29 is 22.2 Å². The molecule has 15 nitrogen and oxygen atoms in total. The molecule has 0 aliphatic heterocycles. The zero-order chi connectivity index (χ0) is 47.3. The van der Waals surface area contributed by atoms with Crippen LogP contribution in [0, 0.1) is 4.78 Å². The van der Waals surface area contributed by atoms with E-state index < -0.39 is 30.3 Å². The Kier molecular flexibility index (Phi) is 16.8. The van der Waals surface area contributed by atoms with E-state index in [1.54, 1.807) is 56.5 Å². The molecule has 3 aromatic rings. The van der Waals surface area contributed by atoms with Crippen LogP contribution >= 0.6 is 0 Å². The van der Waals surface area contributed by atoms with Gasteiger partial charge in [0.2, 0.25) is 6.08 Å². The number of isocyanates is 1. The Morgan fingerprint density at radius 1 is 0.569 bits per heavy atom. The Balaban J connectivity index is 0.000000152. The average Bonchev–Trinajstić information content (AvgIpc) is 4.09. The van der Waals surface area contributed by atoms with Crippen LogP contribution < -0.4 is 15.4 Å². The first-order valence-corrected chi connectivity index (χ1v) is 27.6. The van der Waals surface area contributed by atoms with Crippen molar-refractivity contribution in [1.82, 2.24) is 12.9 Å². The summed E-state index contributed by atoms with van der Waals surface area (Å²) in [7, 11) is 0.865. The average molecular weight is 951 g/mol. The molecule has 6 aliphatic rings. The number of rotatable bonds is 9. The van der Waals surface area contributed by atoms with E-state index in [2.05, 4.69) is 31.9 Å². The van der Waals surface area contributed by atoms with Gasteiger partial charge in [-0.25, -0.2) is 54.9 Å². The summed E-state index contributed by atoms with van der Waals surface area (Å²) in [6.45, 7) is 0.552. The second-order valence-electron chi connectivity index (χ2n) is 18.4. The molecule has 3 atom stereocenters. The molecular formula is C47H70N10O5S3. The Morgan fingerprint density at radius 2 is 0.908 bits per heavy atom. The number of nitrogens with one attached hydrogen (secondary N) is 1. The van der Waals surface area contributed by atoms with Gasteiger partial charge < -0.3 is 0 Å². The number of hydrogen-bond donors (Lipinski definition) is 4. The molecule has 1 amide bonds. The molecule has 7 N–H and O–H groups in total. The van der Waals surface area contributed by atoms with Gasteiger partial charge in [0.15, 0.2) is 30.3 Å². The molecule has 0 spiro atoms. The summed E-state index contributed by atoms with van der Waals surface area (Å²) in [6, 6.07) is 7.12. The van der Waals surface area contributed by atoms with Crippen molar-refractivity contribution in [3.8, 4) is 0 Å². The van der Waals surface area contributed by atoms with Gasteiger partial charge in [-0.15, -0.1) is 4.36 Å². The lowest BCUT2D eigenvalue weighted by Gasteiger charge is -2.15. The number of carbonyl (C=O) groups is 1. The second-order valence-corrected chi connectivity index (χ2v) is 24.4. The minimum absolute atomic E-state index is 0.230. The molecule has 65 heavy (non-hydrogen) atoms. The van der Waals surface area contributed by atoms with E-state index in [0.717, 1.165) is 86.2 Å². The first-order chi connectivity index (χ1) is 30.7. The highest BCUT2D eigenvalue weighted by molar-refractivity contribution is 7.89. The minimum Gasteiger partial charge on any atom is -0.271 e. The third-order valence-corrected chi connectivity index (χ3v) is 17.8. The van der Waals surface area contributed by atoms with Crippen molar-refractivity contribution in [2.75, 3.05) is 48.8 Å². The predicted molar refractivity (Wildman–Crippen MR) is 262 cm³/mol. The molecule has 0 aromatic heterocycles. The number of fused-ring (bicyclic) bond motifs is 6. The van der Waals surface area contributed by atoms with E-state index in [0.29, 0.717) is 6.54 Å². The van der Waals surface area contributed by atoms with Crippen molar-refractivity contribution in [1.29, 1.82) is 4.78 Å². The van der Waals surface area contributed by atoms with Crippen molar-refractivity contribution in [3.63, 3.8) is 0 Å². The molecule has 3 aromatic carbocycles. The predicted octanol–water partition coefficient (Wildman–Crippen LogP) is 5.59. The largest absolute Gasteiger partial charge is 0.271 e. The van der Waals surface area contributed by atoms with Gasteiger partial charge in [-0.05, 0) is 200 Å². The summed E-state index contributed by atoms with van der Waals surface area (Å²) in [5.74, 6) is -0.379. The summed E-state index contributed by atoms with van der Waals surface area (Å²) in [4.78, 5) is 26.7. The van der Waals surface area contributed by atoms with Gasteiger partial charge in [0.25, 0.3) is 5.91 Å². The van der Waals surface area contributed by atoms with Crippen LogP contribution in [0.2, 0.25) is 0 Å². The second kappa shape index (κ2) is 21.5. The Morgan fingerprint density at radius 3 is 1.25 bits per heavy atom. The van der Waals surface area contributed by atoms with Gasteiger partial charge in [-0.3, -0.25) is 4.79 Å². The van der Waals surface area contributed by atoms with Crippen molar-refractivity contribution in [3.05, 3.63) is 96.1 Å². The number of carbonyl (C=O) groups excluding carboxylic acids is 2. The molecule has 0 radical (unpaired) electrons. The van der Waals surface area contributed by atoms with Crippen LogP contribution in [0.4, 0.5) is 5.69 Å². The summed E-state index contributed by atoms with van der Waals surface area (Å²) < 4.78 is 53.0. The van der Waals surface area contributed by atoms with E-state index in [1.807, 2.05) is 0 Å². The van der Waals surface area contributed by atoms with E-state index >= 15 is 0 Å². The molecule has 9 rings (SSSR count). The summed E-state index contributed by atoms with van der Waals surface area (Å²) in [5.41, 5.74) is 20.7. The van der Waals surface area contributed by atoms with E-state index in [-0.39, 0.29) is 12.3 Å². The first-order valence-electron chi connectivity index (χ1n) is 22.9. The number of hydrogen-bond acceptors (Lipinski definition) is 8. The highest BCUT2D eigenvalue weighted by atomic mass is 32.2. The molecule has 0 fully saturated rings.